The molecule has 0 aromatic heterocycles. The number of likely N-dealkylation sites (N-methyl/N-ethyl adjacent to an activating group) is 1. The molecule has 0 amide bonds. The van der Waals surface area contributed by atoms with Crippen molar-refractivity contribution in [1.82, 2.24) is 4.90 Å². The summed E-state index contributed by atoms with van der Waals surface area (Å²) in [6, 6.07) is 7.88. The standard InChI is InChI=1S/C15H26N4O2.HI/c1-19(10-11-20-2)9-8-17-15(16)18-14-7-5-4-6-13(14)12-21-3;/h4-7H,8-12H2,1-3H3,(H3,16,17,18);1H. The molecular formula is C15H27IN4O2. The summed E-state index contributed by atoms with van der Waals surface area (Å²) >= 11 is 0. The quantitative estimate of drug-likeness (QED) is 0.361. The van der Waals surface area contributed by atoms with Gasteiger partial charge >= 0.3 is 0 Å². The van der Waals surface area contributed by atoms with Gasteiger partial charge in [0.1, 0.15) is 0 Å². The fourth-order valence-corrected chi connectivity index (χ4v) is 1.80. The zero-order valence-electron chi connectivity index (χ0n) is 13.5. The Balaban J connectivity index is 0.00000441. The number of ether oxygens (including phenoxy) is 2. The Hall–Kier alpha value is -0.900. The lowest BCUT2D eigenvalue weighted by Crippen LogP contribution is -2.28. The molecule has 0 aliphatic rings. The van der Waals surface area contributed by atoms with Crippen LogP contribution >= 0.6 is 24.0 Å². The third-order valence-corrected chi connectivity index (χ3v) is 3.02. The first-order chi connectivity index (χ1) is 10.2. The minimum absolute atomic E-state index is 0. The van der Waals surface area contributed by atoms with E-state index < -0.39 is 0 Å². The SMILES string of the molecule is COCCN(C)CCN=C(N)Nc1ccccc1COC.I. The number of anilines is 1. The van der Waals surface area contributed by atoms with Gasteiger partial charge in [-0.3, -0.25) is 4.99 Å². The van der Waals surface area contributed by atoms with Crippen molar-refractivity contribution in [2.75, 3.05) is 52.8 Å². The fraction of sp³-hybridized carbons (Fsp3) is 0.533. The molecular weight excluding hydrogens is 395 g/mol. The van der Waals surface area contributed by atoms with Gasteiger partial charge in [0.25, 0.3) is 0 Å². The minimum Gasteiger partial charge on any atom is -0.383 e. The second-order valence-corrected chi connectivity index (χ2v) is 4.78. The zero-order valence-corrected chi connectivity index (χ0v) is 15.9. The van der Waals surface area contributed by atoms with E-state index in [1.54, 1.807) is 14.2 Å². The second kappa shape index (κ2) is 12.6. The van der Waals surface area contributed by atoms with E-state index in [0.717, 1.165) is 30.9 Å². The van der Waals surface area contributed by atoms with E-state index in [1.807, 2.05) is 31.3 Å². The van der Waals surface area contributed by atoms with E-state index >= 15 is 0 Å². The normalized spacial score (nSPS) is 11.4. The summed E-state index contributed by atoms with van der Waals surface area (Å²) in [7, 11) is 5.40. The molecule has 0 unspecified atom stereocenters. The maximum atomic E-state index is 5.91. The van der Waals surface area contributed by atoms with Gasteiger partial charge in [0.05, 0.1) is 19.8 Å². The van der Waals surface area contributed by atoms with Crippen molar-refractivity contribution in [1.29, 1.82) is 0 Å². The molecule has 22 heavy (non-hydrogen) atoms. The Bertz CT molecular complexity index is 443. The highest BCUT2D eigenvalue weighted by Gasteiger charge is 2.02. The first-order valence-corrected chi connectivity index (χ1v) is 6.98. The van der Waals surface area contributed by atoms with E-state index in [0.29, 0.717) is 19.1 Å². The summed E-state index contributed by atoms with van der Waals surface area (Å²) < 4.78 is 10.2. The van der Waals surface area contributed by atoms with Crippen molar-refractivity contribution >= 4 is 35.6 Å². The van der Waals surface area contributed by atoms with Crippen molar-refractivity contribution in [3.63, 3.8) is 0 Å². The monoisotopic (exact) mass is 422 g/mol. The molecule has 126 valence electrons. The van der Waals surface area contributed by atoms with Crippen LogP contribution in [0.5, 0.6) is 0 Å². The van der Waals surface area contributed by atoms with Crippen LogP contribution in [0.15, 0.2) is 29.3 Å². The average Bonchev–Trinajstić information content (AvgIpc) is 2.47. The van der Waals surface area contributed by atoms with Crippen LogP contribution in [0.4, 0.5) is 5.69 Å². The summed E-state index contributed by atoms with van der Waals surface area (Å²) in [5.74, 6) is 0.415. The van der Waals surface area contributed by atoms with E-state index in [2.05, 4.69) is 15.2 Å². The fourth-order valence-electron chi connectivity index (χ4n) is 1.80. The summed E-state index contributed by atoms with van der Waals surface area (Å²) in [4.78, 5) is 6.48. The molecule has 0 bridgehead atoms. The van der Waals surface area contributed by atoms with Gasteiger partial charge in [0.2, 0.25) is 0 Å². The number of nitrogens with two attached hydrogens (primary N) is 1. The predicted molar refractivity (Wildman–Crippen MR) is 102 cm³/mol. The summed E-state index contributed by atoms with van der Waals surface area (Å²) in [6.45, 7) is 3.63. The maximum Gasteiger partial charge on any atom is 0.193 e. The van der Waals surface area contributed by atoms with Crippen LogP contribution < -0.4 is 11.1 Å². The number of nitrogens with zero attached hydrogens (tertiary/aromatic N) is 2. The lowest BCUT2D eigenvalue weighted by atomic mass is 10.2. The third kappa shape index (κ3) is 8.52. The highest BCUT2D eigenvalue weighted by molar-refractivity contribution is 14.0. The van der Waals surface area contributed by atoms with Gasteiger partial charge in [-0.2, -0.15) is 0 Å². The van der Waals surface area contributed by atoms with Gasteiger partial charge in [0, 0.05) is 38.6 Å². The molecule has 7 heteroatoms. The smallest absolute Gasteiger partial charge is 0.193 e. The van der Waals surface area contributed by atoms with Crippen LogP contribution in [0, 0.1) is 0 Å². The number of methoxy groups -OCH3 is 2. The molecule has 0 spiro atoms. The molecule has 3 N–H and O–H groups in total. The molecule has 0 atom stereocenters. The number of hydrogen-bond acceptors (Lipinski definition) is 4. The molecule has 0 saturated carbocycles. The summed E-state index contributed by atoms with van der Waals surface area (Å²) in [6.07, 6.45) is 0. The lowest BCUT2D eigenvalue weighted by molar-refractivity contribution is 0.163. The van der Waals surface area contributed by atoms with Crippen LogP contribution in [0.3, 0.4) is 0 Å². The van der Waals surface area contributed by atoms with Gasteiger partial charge in [-0.25, -0.2) is 0 Å². The molecule has 1 aromatic rings. The van der Waals surface area contributed by atoms with Crippen molar-refractivity contribution < 1.29 is 9.47 Å². The van der Waals surface area contributed by atoms with Crippen LogP contribution in [0.25, 0.3) is 0 Å². The van der Waals surface area contributed by atoms with Crippen LogP contribution in [0.2, 0.25) is 0 Å². The van der Waals surface area contributed by atoms with E-state index in [9.17, 15) is 0 Å². The highest BCUT2D eigenvalue weighted by Crippen LogP contribution is 2.15. The molecule has 0 heterocycles. The number of rotatable bonds is 9. The van der Waals surface area contributed by atoms with Crippen molar-refractivity contribution in [2.45, 2.75) is 6.61 Å². The second-order valence-electron chi connectivity index (χ2n) is 4.78. The average molecular weight is 422 g/mol. The maximum absolute atomic E-state index is 5.91. The minimum atomic E-state index is 0. The number of para-hydroxylation sites is 1. The Kier molecular flexibility index (Phi) is 12.1. The molecule has 0 radical (unpaired) electrons. The zero-order chi connectivity index (χ0) is 15.5. The number of nitrogens with one attached hydrogen (secondary N) is 1. The molecule has 1 rings (SSSR count). The number of aliphatic imine (C=N–C) groups is 1. The molecule has 0 fully saturated rings. The highest BCUT2D eigenvalue weighted by atomic mass is 127. The molecule has 0 saturated heterocycles. The van der Waals surface area contributed by atoms with Crippen molar-refractivity contribution in [2.24, 2.45) is 10.7 Å². The number of benzene rings is 1. The Morgan fingerprint density at radius 2 is 1.95 bits per heavy atom. The van der Waals surface area contributed by atoms with E-state index in [1.165, 1.54) is 0 Å². The topological polar surface area (TPSA) is 72.1 Å². The van der Waals surface area contributed by atoms with E-state index in [4.69, 9.17) is 15.2 Å². The van der Waals surface area contributed by atoms with Crippen LogP contribution in [0.1, 0.15) is 5.56 Å². The van der Waals surface area contributed by atoms with Gasteiger partial charge in [-0.15, -0.1) is 24.0 Å². The largest absolute Gasteiger partial charge is 0.383 e. The van der Waals surface area contributed by atoms with Gasteiger partial charge in [0.15, 0.2) is 5.96 Å². The third-order valence-electron chi connectivity index (χ3n) is 3.02. The molecule has 0 aliphatic heterocycles. The Morgan fingerprint density at radius 3 is 2.64 bits per heavy atom. The lowest BCUT2D eigenvalue weighted by Gasteiger charge is -2.15. The number of guanidine groups is 1. The summed E-state index contributed by atoms with van der Waals surface area (Å²) in [5, 5.41) is 3.12. The number of halogens is 1. The molecule has 1 aromatic carbocycles. The Labute approximate surface area is 150 Å². The van der Waals surface area contributed by atoms with Crippen LogP contribution in [-0.4, -0.2) is 58.4 Å². The number of hydrogen-bond donors (Lipinski definition) is 2. The predicted octanol–water partition coefficient (Wildman–Crippen LogP) is 1.76. The van der Waals surface area contributed by atoms with Gasteiger partial charge in [-0.1, -0.05) is 18.2 Å². The van der Waals surface area contributed by atoms with Gasteiger partial charge in [-0.05, 0) is 13.1 Å². The Morgan fingerprint density at radius 1 is 1.23 bits per heavy atom. The van der Waals surface area contributed by atoms with Gasteiger partial charge < -0.3 is 25.4 Å². The van der Waals surface area contributed by atoms with E-state index in [-0.39, 0.29) is 24.0 Å². The first kappa shape index (κ1) is 21.1. The van der Waals surface area contributed by atoms with Crippen molar-refractivity contribution in [3.05, 3.63) is 29.8 Å². The molecule has 0 aliphatic carbocycles. The van der Waals surface area contributed by atoms with Crippen molar-refractivity contribution in [3.8, 4) is 0 Å². The molecule has 6 nitrogen and oxygen atoms in total. The first-order valence-electron chi connectivity index (χ1n) is 6.98. The van der Waals surface area contributed by atoms with Crippen LogP contribution in [-0.2, 0) is 16.1 Å². The summed E-state index contributed by atoms with van der Waals surface area (Å²) in [5.41, 5.74) is 7.89.